The number of Topliss-reactive ketones (excluding diaryl/α,β-unsaturated/α-hetero) is 2. The van der Waals surface area contributed by atoms with Gasteiger partial charge in [0.25, 0.3) is 0 Å². The molecule has 26 heavy (non-hydrogen) atoms. The summed E-state index contributed by atoms with van der Waals surface area (Å²) in [6.07, 6.45) is 0. The second-order valence-corrected chi connectivity index (χ2v) is 7.00. The van der Waals surface area contributed by atoms with E-state index in [4.69, 9.17) is 0 Å². The summed E-state index contributed by atoms with van der Waals surface area (Å²) in [6.45, 7) is 7.79. The summed E-state index contributed by atoms with van der Waals surface area (Å²) in [4.78, 5) is 25.5. The molecule has 0 heterocycles. The first-order valence-electron chi connectivity index (χ1n) is 8.81. The molecule has 2 nitrogen and oxygen atoms in total. The van der Waals surface area contributed by atoms with E-state index in [1.807, 2.05) is 76.2 Å². The zero-order valence-electron chi connectivity index (χ0n) is 15.4. The standard InChI is InChI=1S/C24H20O2/c1-13-15(3)23(25)19-11-7-5-9-17(19)21(13)22-14(2)16(4)24(26)20-12-8-6-10-18(20)22/h5-12H,1-4H3/b22-21+. The van der Waals surface area contributed by atoms with Crippen LogP contribution in [0.3, 0.4) is 0 Å². The van der Waals surface area contributed by atoms with Crippen LogP contribution in [0.15, 0.2) is 70.8 Å². The van der Waals surface area contributed by atoms with E-state index in [0.717, 1.165) is 55.7 Å². The number of hydrogen-bond acceptors (Lipinski definition) is 2. The summed E-state index contributed by atoms with van der Waals surface area (Å²) in [5.74, 6) is 0.168. The Morgan fingerprint density at radius 1 is 0.462 bits per heavy atom. The minimum Gasteiger partial charge on any atom is -0.289 e. The molecule has 0 aliphatic heterocycles. The van der Waals surface area contributed by atoms with Crippen LogP contribution in [0.25, 0.3) is 11.1 Å². The van der Waals surface area contributed by atoms with Crippen molar-refractivity contribution in [3.8, 4) is 0 Å². The highest BCUT2D eigenvalue weighted by Gasteiger charge is 2.32. The monoisotopic (exact) mass is 340 g/mol. The molecule has 0 aromatic heterocycles. The van der Waals surface area contributed by atoms with Crippen LogP contribution < -0.4 is 0 Å². The highest BCUT2D eigenvalue weighted by molar-refractivity contribution is 6.25. The van der Waals surface area contributed by atoms with Gasteiger partial charge in [0.1, 0.15) is 0 Å². The van der Waals surface area contributed by atoms with Crippen LogP contribution in [-0.4, -0.2) is 11.6 Å². The van der Waals surface area contributed by atoms with E-state index in [9.17, 15) is 9.59 Å². The van der Waals surface area contributed by atoms with Crippen LogP contribution >= 0.6 is 0 Å². The van der Waals surface area contributed by atoms with Gasteiger partial charge in [0.05, 0.1) is 0 Å². The second-order valence-electron chi connectivity index (χ2n) is 7.00. The van der Waals surface area contributed by atoms with Gasteiger partial charge in [-0.1, -0.05) is 48.5 Å². The van der Waals surface area contributed by atoms with Gasteiger partial charge in [-0.25, -0.2) is 0 Å². The largest absolute Gasteiger partial charge is 0.289 e. The number of carbonyl (C=O) groups excluding carboxylic acids is 2. The van der Waals surface area contributed by atoms with Gasteiger partial charge in [-0.05, 0) is 61.1 Å². The molecule has 0 amide bonds. The van der Waals surface area contributed by atoms with E-state index < -0.39 is 0 Å². The van der Waals surface area contributed by atoms with Crippen molar-refractivity contribution in [1.82, 2.24) is 0 Å². The SMILES string of the molecule is CC1=C(C)/C(=C2/C(C)=C(C)C(=O)c3ccccc32)c2ccccc2C1=O. The Morgan fingerprint density at radius 3 is 1.12 bits per heavy atom. The van der Waals surface area contributed by atoms with E-state index in [-0.39, 0.29) is 11.6 Å². The molecule has 2 aromatic carbocycles. The first-order valence-corrected chi connectivity index (χ1v) is 8.81. The predicted molar refractivity (Wildman–Crippen MR) is 105 cm³/mol. The Labute approximate surface area is 153 Å². The Balaban J connectivity index is 2.19. The third-order valence-electron chi connectivity index (χ3n) is 5.69. The van der Waals surface area contributed by atoms with Crippen LogP contribution in [0.4, 0.5) is 0 Å². The Kier molecular flexibility index (Phi) is 3.66. The lowest BCUT2D eigenvalue weighted by Gasteiger charge is -2.29. The molecule has 0 radical (unpaired) electrons. The fourth-order valence-corrected chi connectivity index (χ4v) is 3.97. The van der Waals surface area contributed by atoms with Crippen LogP contribution in [-0.2, 0) is 0 Å². The maximum absolute atomic E-state index is 12.8. The smallest absolute Gasteiger partial charge is 0.189 e. The molecule has 2 aliphatic rings. The van der Waals surface area contributed by atoms with Gasteiger partial charge in [-0.3, -0.25) is 9.59 Å². The van der Waals surface area contributed by atoms with Crippen molar-refractivity contribution in [3.05, 3.63) is 93.1 Å². The minimum absolute atomic E-state index is 0.0842. The van der Waals surface area contributed by atoms with Crippen molar-refractivity contribution in [2.24, 2.45) is 0 Å². The summed E-state index contributed by atoms with van der Waals surface area (Å²) in [6, 6.07) is 15.5. The average molecular weight is 340 g/mol. The maximum Gasteiger partial charge on any atom is 0.189 e. The fourth-order valence-electron chi connectivity index (χ4n) is 3.97. The fraction of sp³-hybridized carbons (Fsp3) is 0.167. The van der Waals surface area contributed by atoms with E-state index in [1.54, 1.807) is 0 Å². The maximum atomic E-state index is 12.8. The molecule has 0 saturated heterocycles. The van der Waals surface area contributed by atoms with E-state index in [0.29, 0.717) is 0 Å². The van der Waals surface area contributed by atoms with E-state index in [2.05, 4.69) is 0 Å². The summed E-state index contributed by atoms with van der Waals surface area (Å²) in [5, 5.41) is 0. The third-order valence-corrected chi connectivity index (χ3v) is 5.69. The van der Waals surface area contributed by atoms with Crippen molar-refractivity contribution in [3.63, 3.8) is 0 Å². The number of allylic oxidation sites excluding steroid dienone is 6. The third kappa shape index (κ3) is 2.12. The summed E-state index contributed by atoms with van der Waals surface area (Å²) >= 11 is 0. The molecule has 0 unspecified atom stereocenters. The molecule has 0 saturated carbocycles. The molecule has 0 bridgehead atoms. The summed E-state index contributed by atoms with van der Waals surface area (Å²) in [5.41, 5.74) is 9.01. The van der Waals surface area contributed by atoms with Gasteiger partial charge < -0.3 is 0 Å². The Hall–Kier alpha value is -3.00. The Bertz CT molecular complexity index is 1000. The molecule has 2 aliphatic carbocycles. The van der Waals surface area contributed by atoms with Gasteiger partial charge in [0, 0.05) is 22.3 Å². The normalized spacial score (nSPS) is 19.7. The van der Waals surface area contributed by atoms with Gasteiger partial charge >= 0.3 is 0 Å². The second kappa shape index (κ2) is 5.77. The van der Waals surface area contributed by atoms with Gasteiger partial charge in [-0.15, -0.1) is 0 Å². The first kappa shape index (κ1) is 16.5. The van der Waals surface area contributed by atoms with Gasteiger partial charge in [0.15, 0.2) is 11.6 Å². The van der Waals surface area contributed by atoms with E-state index in [1.165, 1.54) is 0 Å². The lowest BCUT2D eigenvalue weighted by atomic mass is 9.73. The highest BCUT2D eigenvalue weighted by atomic mass is 16.1. The van der Waals surface area contributed by atoms with Crippen LogP contribution in [0.1, 0.15) is 59.5 Å². The molecular formula is C24H20O2. The molecule has 128 valence electrons. The van der Waals surface area contributed by atoms with Crippen LogP contribution in [0, 0.1) is 0 Å². The molecule has 0 spiro atoms. The van der Waals surface area contributed by atoms with Crippen LogP contribution in [0.5, 0.6) is 0 Å². The minimum atomic E-state index is 0.0842. The lowest BCUT2D eigenvalue weighted by molar-refractivity contribution is 0.102. The molecular weight excluding hydrogens is 320 g/mol. The van der Waals surface area contributed by atoms with Gasteiger partial charge in [-0.2, -0.15) is 0 Å². The zero-order chi connectivity index (χ0) is 18.6. The molecule has 0 fully saturated rings. The number of rotatable bonds is 0. The summed E-state index contributed by atoms with van der Waals surface area (Å²) < 4.78 is 0. The lowest BCUT2D eigenvalue weighted by Crippen LogP contribution is -2.18. The Morgan fingerprint density at radius 2 is 0.769 bits per heavy atom. The number of carbonyl (C=O) groups is 2. The number of benzene rings is 2. The number of fused-ring (bicyclic) bond motifs is 2. The molecule has 4 rings (SSSR count). The van der Waals surface area contributed by atoms with Crippen LogP contribution in [0.2, 0.25) is 0 Å². The molecule has 2 heteroatoms. The number of ketones is 2. The first-order chi connectivity index (χ1) is 12.4. The molecule has 2 aromatic rings. The number of hydrogen-bond donors (Lipinski definition) is 0. The quantitative estimate of drug-likeness (QED) is 0.620. The average Bonchev–Trinajstić information content (AvgIpc) is 2.67. The topological polar surface area (TPSA) is 34.1 Å². The van der Waals surface area contributed by atoms with E-state index >= 15 is 0 Å². The zero-order valence-corrected chi connectivity index (χ0v) is 15.4. The van der Waals surface area contributed by atoms with Crippen molar-refractivity contribution in [2.75, 3.05) is 0 Å². The van der Waals surface area contributed by atoms with Crippen molar-refractivity contribution >= 4 is 22.7 Å². The van der Waals surface area contributed by atoms with Crippen molar-refractivity contribution < 1.29 is 9.59 Å². The molecule has 0 atom stereocenters. The van der Waals surface area contributed by atoms with Crippen molar-refractivity contribution in [2.45, 2.75) is 27.7 Å². The van der Waals surface area contributed by atoms with Crippen molar-refractivity contribution in [1.29, 1.82) is 0 Å². The summed E-state index contributed by atoms with van der Waals surface area (Å²) in [7, 11) is 0. The predicted octanol–water partition coefficient (Wildman–Crippen LogP) is 5.66. The molecule has 0 N–H and O–H groups in total. The highest BCUT2D eigenvalue weighted by Crippen LogP contribution is 2.45. The van der Waals surface area contributed by atoms with Gasteiger partial charge in [0.2, 0.25) is 0 Å².